The van der Waals surface area contributed by atoms with Crippen LogP contribution in [0.2, 0.25) is 0 Å². The first-order valence-corrected chi connectivity index (χ1v) is 9.08. The summed E-state index contributed by atoms with van der Waals surface area (Å²) in [5.41, 5.74) is 4.47. The summed E-state index contributed by atoms with van der Waals surface area (Å²) in [7, 11) is 0. The van der Waals surface area contributed by atoms with Crippen molar-refractivity contribution in [1.29, 1.82) is 0 Å². The number of H-pyrrole nitrogens is 1. The maximum Gasteiger partial charge on any atom is 0.266 e. The van der Waals surface area contributed by atoms with E-state index in [2.05, 4.69) is 34.2 Å². The Balaban J connectivity index is 1.49. The van der Waals surface area contributed by atoms with Crippen LogP contribution in [0, 0.1) is 0 Å². The van der Waals surface area contributed by atoms with Crippen LogP contribution in [0.4, 0.5) is 0 Å². The second kappa shape index (κ2) is 5.80. The summed E-state index contributed by atoms with van der Waals surface area (Å²) in [5, 5.41) is 0. The minimum atomic E-state index is -0.237. The van der Waals surface area contributed by atoms with Gasteiger partial charge in [0.25, 0.3) is 11.5 Å². The predicted octanol–water partition coefficient (Wildman–Crippen LogP) is 2.87. The van der Waals surface area contributed by atoms with Crippen molar-refractivity contribution in [2.45, 2.75) is 31.2 Å². The molecule has 5 rings (SSSR count). The Bertz CT molecular complexity index is 1070. The van der Waals surface area contributed by atoms with E-state index in [4.69, 9.17) is 0 Å². The molecule has 2 aliphatic rings. The topological polar surface area (TPSA) is 66.1 Å². The monoisotopic (exact) mass is 345 g/mol. The van der Waals surface area contributed by atoms with E-state index in [9.17, 15) is 9.59 Å². The second-order valence-electron chi connectivity index (χ2n) is 7.20. The van der Waals surface area contributed by atoms with Crippen molar-refractivity contribution in [2.75, 3.05) is 6.54 Å². The standard InChI is InChI=1S/C21H19N3O2/c25-20-12-22-18-10-14(7-8-17(18)23-20)21(26)24-9-3-6-16-15-5-2-1-4-13(15)11-19(16)24/h1-2,4-5,7-8,10,12,16,19H,3,6,9,11H2,(H,23,25)/t16-,19?/m1/s1. The smallest absolute Gasteiger partial charge is 0.266 e. The van der Waals surface area contributed by atoms with E-state index in [-0.39, 0.29) is 17.5 Å². The molecule has 2 heterocycles. The van der Waals surface area contributed by atoms with Gasteiger partial charge >= 0.3 is 0 Å². The highest BCUT2D eigenvalue weighted by Crippen LogP contribution is 2.42. The van der Waals surface area contributed by atoms with Crippen LogP contribution in [0.25, 0.3) is 11.0 Å². The van der Waals surface area contributed by atoms with Crippen molar-refractivity contribution in [3.05, 3.63) is 75.7 Å². The van der Waals surface area contributed by atoms with Crippen molar-refractivity contribution in [2.24, 2.45) is 0 Å². The van der Waals surface area contributed by atoms with Gasteiger partial charge in [0, 0.05) is 24.1 Å². The van der Waals surface area contributed by atoms with Gasteiger partial charge in [-0.25, -0.2) is 4.98 Å². The van der Waals surface area contributed by atoms with E-state index < -0.39 is 0 Å². The van der Waals surface area contributed by atoms with Crippen LogP contribution in [0.3, 0.4) is 0 Å². The predicted molar refractivity (Wildman–Crippen MR) is 99.3 cm³/mol. The normalized spacial score (nSPS) is 21.5. The number of piperidine rings is 1. The van der Waals surface area contributed by atoms with Gasteiger partial charge in [0.05, 0.1) is 17.2 Å². The quantitative estimate of drug-likeness (QED) is 0.737. The summed E-state index contributed by atoms with van der Waals surface area (Å²) in [6.45, 7) is 0.797. The SMILES string of the molecule is O=C(c1ccc2[nH]c(=O)cnc2c1)N1CCC[C@@H]2c3ccccc3CC21. The lowest BCUT2D eigenvalue weighted by atomic mass is 9.88. The number of hydrogen-bond donors (Lipinski definition) is 1. The lowest BCUT2D eigenvalue weighted by molar-refractivity contribution is 0.0595. The molecule has 2 aromatic carbocycles. The molecular weight excluding hydrogens is 326 g/mol. The summed E-state index contributed by atoms with van der Waals surface area (Å²) in [5.74, 6) is 0.501. The molecule has 1 amide bonds. The van der Waals surface area contributed by atoms with E-state index in [0.717, 1.165) is 25.8 Å². The van der Waals surface area contributed by atoms with E-state index in [1.807, 2.05) is 4.90 Å². The van der Waals surface area contributed by atoms with E-state index in [1.54, 1.807) is 18.2 Å². The highest BCUT2D eigenvalue weighted by molar-refractivity contribution is 5.97. The maximum absolute atomic E-state index is 13.2. The Morgan fingerprint density at radius 3 is 3.00 bits per heavy atom. The molecule has 1 aromatic heterocycles. The fourth-order valence-corrected chi connectivity index (χ4v) is 4.57. The lowest BCUT2D eigenvalue weighted by Crippen LogP contribution is -2.46. The number of fused-ring (bicyclic) bond motifs is 4. The molecule has 5 nitrogen and oxygen atoms in total. The number of carbonyl (C=O) groups is 1. The fraction of sp³-hybridized carbons (Fsp3) is 0.286. The molecule has 1 saturated heterocycles. The van der Waals surface area contributed by atoms with E-state index in [0.29, 0.717) is 22.5 Å². The molecule has 1 aliphatic carbocycles. The first-order valence-electron chi connectivity index (χ1n) is 9.08. The van der Waals surface area contributed by atoms with Crippen LogP contribution in [-0.4, -0.2) is 33.4 Å². The van der Waals surface area contributed by atoms with Gasteiger partial charge < -0.3 is 9.88 Å². The number of benzene rings is 2. The Hall–Kier alpha value is -2.95. The molecule has 130 valence electrons. The first-order chi connectivity index (χ1) is 12.7. The third-order valence-corrected chi connectivity index (χ3v) is 5.75. The zero-order valence-corrected chi connectivity index (χ0v) is 14.3. The first kappa shape index (κ1) is 15.3. The highest BCUT2D eigenvalue weighted by Gasteiger charge is 2.40. The van der Waals surface area contributed by atoms with Gasteiger partial charge in [-0.15, -0.1) is 0 Å². The lowest BCUT2D eigenvalue weighted by Gasteiger charge is -2.38. The van der Waals surface area contributed by atoms with E-state index >= 15 is 0 Å². The number of carbonyl (C=O) groups excluding carboxylic acids is 1. The number of amides is 1. The summed E-state index contributed by atoms with van der Waals surface area (Å²) in [6, 6.07) is 14.1. The highest BCUT2D eigenvalue weighted by atomic mass is 16.2. The van der Waals surface area contributed by atoms with Crippen LogP contribution < -0.4 is 5.56 Å². The van der Waals surface area contributed by atoms with Crippen LogP contribution in [0.1, 0.15) is 40.2 Å². The van der Waals surface area contributed by atoms with Gasteiger partial charge in [-0.3, -0.25) is 9.59 Å². The number of nitrogens with zero attached hydrogens (tertiary/aromatic N) is 2. The summed E-state index contributed by atoms with van der Waals surface area (Å²) < 4.78 is 0. The zero-order valence-electron chi connectivity index (χ0n) is 14.3. The minimum absolute atomic E-state index is 0.0578. The van der Waals surface area contributed by atoms with Crippen molar-refractivity contribution >= 4 is 16.9 Å². The molecule has 0 spiro atoms. The van der Waals surface area contributed by atoms with Gasteiger partial charge in [0.1, 0.15) is 0 Å². The third-order valence-electron chi connectivity index (χ3n) is 5.75. The minimum Gasteiger partial charge on any atom is -0.335 e. The molecule has 2 atom stereocenters. The van der Waals surface area contributed by atoms with Crippen molar-refractivity contribution in [3.8, 4) is 0 Å². The number of likely N-dealkylation sites (tertiary alicyclic amines) is 1. The Morgan fingerprint density at radius 1 is 1.19 bits per heavy atom. The molecule has 1 aliphatic heterocycles. The largest absolute Gasteiger partial charge is 0.335 e. The van der Waals surface area contributed by atoms with Crippen LogP contribution in [0.5, 0.6) is 0 Å². The molecule has 5 heteroatoms. The number of aromatic nitrogens is 2. The molecule has 0 radical (unpaired) electrons. The number of aromatic amines is 1. The average Bonchev–Trinajstić information content (AvgIpc) is 3.06. The van der Waals surface area contributed by atoms with Crippen LogP contribution in [0.15, 0.2) is 53.5 Å². The fourth-order valence-electron chi connectivity index (χ4n) is 4.57. The number of rotatable bonds is 1. The summed E-state index contributed by atoms with van der Waals surface area (Å²) in [6.07, 6.45) is 4.36. The van der Waals surface area contributed by atoms with Crippen molar-refractivity contribution in [1.82, 2.24) is 14.9 Å². The Labute approximate surface area is 150 Å². The molecule has 1 unspecified atom stereocenters. The Kier molecular flexibility index (Phi) is 3.42. The summed E-state index contributed by atoms with van der Waals surface area (Å²) in [4.78, 5) is 33.6. The molecule has 26 heavy (non-hydrogen) atoms. The number of hydrogen-bond acceptors (Lipinski definition) is 3. The maximum atomic E-state index is 13.2. The molecule has 0 bridgehead atoms. The summed E-state index contributed by atoms with van der Waals surface area (Å²) >= 11 is 0. The molecule has 3 aromatic rings. The van der Waals surface area contributed by atoms with Crippen LogP contribution >= 0.6 is 0 Å². The second-order valence-corrected chi connectivity index (χ2v) is 7.20. The van der Waals surface area contributed by atoms with Gasteiger partial charge in [-0.2, -0.15) is 0 Å². The van der Waals surface area contributed by atoms with Crippen molar-refractivity contribution in [3.63, 3.8) is 0 Å². The van der Waals surface area contributed by atoms with Gasteiger partial charge in [-0.05, 0) is 48.6 Å². The Morgan fingerprint density at radius 2 is 2.08 bits per heavy atom. The molecule has 0 saturated carbocycles. The molecule has 1 N–H and O–H groups in total. The number of nitrogens with one attached hydrogen (secondary N) is 1. The van der Waals surface area contributed by atoms with E-state index in [1.165, 1.54) is 17.3 Å². The van der Waals surface area contributed by atoms with Gasteiger partial charge in [0.2, 0.25) is 0 Å². The van der Waals surface area contributed by atoms with Crippen LogP contribution in [-0.2, 0) is 6.42 Å². The van der Waals surface area contributed by atoms with Gasteiger partial charge in [-0.1, -0.05) is 24.3 Å². The zero-order chi connectivity index (χ0) is 17.7. The average molecular weight is 345 g/mol. The molecular formula is C21H19N3O2. The van der Waals surface area contributed by atoms with Crippen molar-refractivity contribution < 1.29 is 4.79 Å². The molecule has 1 fully saturated rings. The van der Waals surface area contributed by atoms with Gasteiger partial charge in [0.15, 0.2) is 0 Å². The third kappa shape index (κ3) is 2.35.